The normalized spacial score (nSPS) is 13.7. The van der Waals surface area contributed by atoms with Gasteiger partial charge in [0.2, 0.25) is 5.91 Å². The predicted octanol–water partition coefficient (Wildman–Crippen LogP) is -2.55. The Labute approximate surface area is 155 Å². The van der Waals surface area contributed by atoms with Crippen LogP contribution in [0.15, 0.2) is 4.99 Å². The number of rotatable bonds is 13. The van der Waals surface area contributed by atoms with Crippen LogP contribution in [0.2, 0.25) is 0 Å². The molecular weight excluding hydrogens is 362 g/mol. The fourth-order valence-corrected chi connectivity index (χ4v) is 2.32. The first-order chi connectivity index (χ1) is 12.5. The van der Waals surface area contributed by atoms with E-state index in [-0.39, 0.29) is 44.7 Å². The number of carbonyl (C=O) groups is 4. The number of hydrogen-bond acceptors (Lipinski definition) is 6. The molecule has 0 bridgehead atoms. The first kappa shape index (κ1) is 23.9. The zero-order valence-corrected chi connectivity index (χ0v) is 15.0. The SMILES string of the molecule is CC(=O)N[C@](CCCNC(N)=O)(N[C@@H](CCCN=C(N)N)C(=O)O)C(=O)O. The Morgan fingerprint density at radius 2 is 1.74 bits per heavy atom. The molecule has 0 aromatic carbocycles. The van der Waals surface area contributed by atoms with E-state index >= 15 is 0 Å². The van der Waals surface area contributed by atoms with Crippen LogP contribution in [0.5, 0.6) is 0 Å². The second-order valence-electron chi connectivity index (χ2n) is 5.77. The van der Waals surface area contributed by atoms with Gasteiger partial charge in [-0.15, -0.1) is 0 Å². The van der Waals surface area contributed by atoms with E-state index in [1.165, 1.54) is 0 Å². The molecule has 0 unspecified atom stereocenters. The number of nitrogens with two attached hydrogens (primary N) is 3. The van der Waals surface area contributed by atoms with Crippen molar-refractivity contribution in [1.29, 1.82) is 0 Å². The number of nitrogens with one attached hydrogen (secondary N) is 3. The van der Waals surface area contributed by atoms with Crippen molar-refractivity contribution >= 4 is 29.8 Å². The Morgan fingerprint density at radius 3 is 2.19 bits per heavy atom. The molecule has 0 rings (SSSR count). The van der Waals surface area contributed by atoms with Crippen LogP contribution in [0.1, 0.15) is 32.6 Å². The minimum Gasteiger partial charge on any atom is -0.480 e. The number of aliphatic carboxylic acids is 2. The van der Waals surface area contributed by atoms with Crippen molar-refractivity contribution in [1.82, 2.24) is 16.0 Å². The zero-order valence-electron chi connectivity index (χ0n) is 15.0. The van der Waals surface area contributed by atoms with E-state index < -0.39 is 35.6 Å². The van der Waals surface area contributed by atoms with E-state index in [1.54, 1.807) is 0 Å². The molecule has 0 spiro atoms. The van der Waals surface area contributed by atoms with E-state index in [4.69, 9.17) is 17.2 Å². The molecule has 0 aromatic rings. The fraction of sp³-hybridized carbons (Fsp3) is 0.643. The lowest BCUT2D eigenvalue weighted by Crippen LogP contribution is -2.67. The smallest absolute Gasteiger partial charge is 0.344 e. The standard InChI is InChI=1S/C14H27N7O6/c1-8(22)20-14(11(25)26,5-3-7-19-13(17)27)21-9(10(23)24)4-2-6-18-12(15)16/h9,21H,2-7H2,1H3,(H,20,22)(H,23,24)(H,25,26)(H4,15,16,18)(H3,17,19,27)/t9-,14+/m0/s1. The number of amides is 3. The van der Waals surface area contributed by atoms with E-state index in [0.29, 0.717) is 0 Å². The molecule has 0 aliphatic carbocycles. The van der Waals surface area contributed by atoms with Crippen LogP contribution in [0.4, 0.5) is 4.79 Å². The van der Waals surface area contributed by atoms with Gasteiger partial charge in [0.25, 0.3) is 0 Å². The molecule has 0 radical (unpaired) electrons. The summed E-state index contributed by atoms with van der Waals surface area (Å²) >= 11 is 0. The van der Waals surface area contributed by atoms with Crippen LogP contribution in [0.3, 0.4) is 0 Å². The molecule has 0 aliphatic heterocycles. The van der Waals surface area contributed by atoms with Crippen molar-refractivity contribution in [3.63, 3.8) is 0 Å². The molecule has 0 saturated carbocycles. The molecule has 11 N–H and O–H groups in total. The summed E-state index contributed by atoms with van der Waals surface area (Å²) in [7, 11) is 0. The van der Waals surface area contributed by atoms with E-state index in [0.717, 1.165) is 6.92 Å². The number of carboxylic acid groups (broad SMARTS) is 2. The number of nitrogens with zero attached hydrogens (tertiary/aromatic N) is 1. The summed E-state index contributed by atoms with van der Waals surface area (Å²) in [5.41, 5.74) is 13.3. The first-order valence-electron chi connectivity index (χ1n) is 8.11. The number of carbonyl (C=O) groups excluding carboxylic acids is 2. The summed E-state index contributed by atoms with van der Waals surface area (Å²) in [5, 5.41) is 26.0. The van der Waals surface area contributed by atoms with Gasteiger partial charge in [-0.3, -0.25) is 19.9 Å². The highest BCUT2D eigenvalue weighted by Crippen LogP contribution is 2.14. The molecule has 0 fully saturated rings. The van der Waals surface area contributed by atoms with Crippen LogP contribution in [-0.4, -0.2) is 64.8 Å². The monoisotopic (exact) mass is 389 g/mol. The maximum Gasteiger partial charge on any atom is 0.344 e. The third-order valence-electron chi connectivity index (χ3n) is 3.45. The molecule has 3 amide bonds. The first-order valence-corrected chi connectivity index (χ1v) is 8.11. The predicted molar refractivity (Wildman–Crippen MR) is 95.5 cm³/mol. The second-order valence-corrected chi connectivity index (χ2v) is 5.77. The molecular formula is C14H27N7O6. The molecule has 27 heavy (non-hydrogen) atoms. The minimum absolute atomic E-state index is 0.0142. The molecule has 13 nitrogen and oxygen atoms in total. The van der Waals surface area contributed by atoms with Crippen LogP contribution < -0.4 is 33.2 Å². The Balaban J connectivity index is 5.25. The number of urea groups is 1. The maximum absolute atomic E-state index is 11.8. The highest BCUT2D eigenvalue weighted by molar-refractivity contribution is 5.86. The lowest BCUT2D eigenvalue weighted by atomic mass is 10.00. The Bertz CT molecular complexity index is 578. The average molecular weight is 389 g/mol. The molecule has 2 atom stereocenters. The number of carboxylic acids is 2. The molecule has 0 saturated heterocycles. The van der Waals surface area contributed by atoms with E-state index in [2.05, 4.69) is 20.9 Å². The number of primary amides is 1. The van der Waals surface area contributed by atoms with Crippen LogP contribution in [0.25, 0.3) is 0 Å². The summed E-state index contributed by atoms with van der Waals surface area (Å²) in [6.45, 7) is 1.32. The quantitative estimate of drug-likeness (QED) is 0.0715. The summed E-state index contributed by atoms with van der Waals surface area (Å²) in [4.78, 5) is 49.3. The number of guanidine groups is 1. The fourth-order valence-electron chi connectivity index (χ4n) is 2.32. The number of aliphatic imine (C=N–C) groups is 1. The van der Waals surface area contributed by atoms with E-state index in [9.17, 15) is 29.4 Å². The zero-order chi connectivity index (χ0) is 21.0. The summed E-state index contributed by atoms with van der Waals surface area (Å²) in [6.07, 6.45) is 0.198. The molecule has 0 heterocycles. The summed E-state index contributed by atoms with van der Waals surface area (Å²) in [6, 6.07) is -2.07. The Hall–Kier alpha value is -3.09. The molecule has 0 aromatic heterocycles. The van der Waals surface area contributed by atoms with Crippen molar-refractivity contribution < 1.29 is 29.4 Å². The van der Waals surface area contributed by atoms with Gasteiger partial charge in [-0.25, -0.2) is 9.59 Å². The van der Waals surface area contributed by atoms with Gasteiger partial charge >= 0.3 is 18.0 Å². The van der Waals surface area contributed by atoms with E-state index in [1.807, 2.05) is 0 Å². The van der Waals surface area contributed by atoms with Crippen LogP contribution >= 0.6 is 0 Å². The lowest BCUT2D eigenvalue weighted by Gasteiger charge is -2.34. The summed E-state index contributed by atoms with van der Waals surface area (Å²) in [5.74, 6) is -3.58. The largest absolute Gasteiger partial charge is 0.480 e. The molecule has 13 heteroatoms. The van der Waals surface area contributed by atoms with Crippen molar-refractivity contribution in [2.45, 2.75) is 44.3 Å². The van der Waals surface area contributed by atoms with Gasteiger partial charge in [0.15, 0.2) is 11.6 Å². The summed E-state index contributed by atoms with van der Waals surface area (Å²) < 4.78 is 0. The highest BCUT2D eigenvalue weighted by atomic mass is 16.4. The topological polar surface area (TPSA) is 235 Å². The minimum atomic E-state index is -2.04. The Morgan fingerprint density at radius 1 is 1.11 bits per heavy atom. The molecule has 154 valence electrons. The maximum atomic E-state index is 11.8. The Kier molecular flexibility index (Phi) is 10.2. The van der Waals surface area contributed by atoms with Gasteiger partial charge in [-0.2, -0.15) is 0 Å². The second kappa shape index (κ2) is 11.5. The van der Waals surface area contributed by atoms with Crippen LogP contribution in [0, 0.1) is 0 Å². The van der Waals surface area contributed by atoms with Gasteiger partial charge in [-0.1, -0.05) is 0 Å². The third-order valence-corrected chi connectivity index (χ3v) is 3.45. The lowest BCUT2D eigenvalue weighted by molar-refractivity contribution is -0.152. The van der Waals surface area contributed by atoms with Crippen molar-refractivity contribution in [3.05, 3.63) is 0 Å². The van der Waals surface area contributed by atoms with Gasteiger partial charge in [0, 0.05) is 20.0 Å². The average Bonchev–Trinajstić information content (AvgIpc) is 2.52. The van der Waals surface area contributed by atoms with Gasteiger partial charge in [0.1, 0.15) is 6.04 Å². The third kappa shape index (κ3) is 9.84. The van der Waals surface area contributed by atoms with Crippen LogP contribution in [-0.2, 0) is 14.4 Å². The van der Waals surface area contributed by atoms with Gasteiger partial charge in [-0.05, 0) is 25.7 Å². The van der Waals surface area contributed by atoms with Crippen molar-refractivity contribution in [2.24, 2.45) is 22.2 Å². The number of hydrogen-bond donors (Lipinski definition) is 8. The van der Waals surface area contributed by atoms with Gasteiger partial charge < -0.3 is 38.0 Å². The highest BCUT2D eigenvalue weighted by Gasteiger charge is 2.42. The van der Waals surface area contributed by atoms with Crippen molar-refractivity contribution in [3.8, 4) is 0 Å². The van der Waals surface area contributed by atoms with Gasteiger partial charge in [0.05, 0.1) is 0 Å². The molecule has 0 aliphatic rings. The van der Waals surface area contributed by atoms with Crippen molar-refractivity contribution in [2.75, 3.05) is 13.1 Å².